The van der Waals surface area contributed by atoms with Crippen LogP contribution in [0.4, 0.5) is 19.0 Å². The number of anilines is 1. The van der Waals surface area contributed by atoms with Gasteiger partial charge < -0.3 is 46.1 Å². The Hall–Kier alpha value is -2.80. The molecule has 2 aromatic carbocycles. The Morgan fingerprint density at radius 2 is 1.66 bits per heavy atom. The predicted molar refractivity (Wildman–Crippen MR) is 191 cm³/mol. The molecule has 5 rings (SSSR count). The van der Waals surface area contributed by atoms with Gasteiger partial charge in [0.05, 0.1) is 41.3 Å². The molecule has 50 heavy (non-hydrogen) atoms. The third-order valence-electron chi connectivity index (χ3n) is 8.98. The van der Waals surface area contributed by atoms with Crippen LogP contribution in [0.25, 0.3) is 0 Å². The molecule has 274 valence electrons. The summed E-state index contributed by atoms with van der Waals surface area (Å²) in [7, 11) is 0. The lowest BCUT2D eigenvalue weighted by Gasteiger charge is -2.39. The van der Waals surface area contributed by atoms with Gasteiger partial charge in [-0.05, 0) is 123 Å². The number of rotatable bonds is 16. The number of aliphatic hydroxyl groups excluding tert-OH is 2. The largest absolute Gasteiger partial charge is 0.494 e. The second-order valence-electron chi connectivity index (χ2n) is 12.7. The van der Waals surface area contributed by atoms with Crippen LogP contribution in [-0.2, 0) is 17.3 Å². The number of nitrogens with two attached hydrogens (primary N) is 1. The van der Waals surface area contributed by atoms with E-state index in [-0.39, 0.29) is 18.5 Å². The first-order valence-electron chi connectivity index (χ1n) is 17.1. The molecule has 2 fully saturated rings. The van der Waals surface area contributed by atoms with Crippen molar-refractivity contribution < 1.29 is 37.6 Å². The third kappa shape index (κ3) is 11.4. The zero-order valence-electron chi connectivity index (χ0n) is 27.7. The van der Waals surface area contributed by atoms with E-state index < -0.39 is 36.2 Å². The smallest absolute Gasteiger partial charge is 0.434 e. The van der Waals surface area contributed by atoms with Gasteiger partial charge in [0.25, 0.3) is 0 Å². The zero-order chi connectivity index (χ0) is 35.5. The Kier molecular flexibility index (Phi) is 14.3. The van der Waals surface area contributed by atoms with E-state index in [1.54, 1.807) is 0 Å². The van der Waals surface area contributed by atoms with Gasteiger partial charge in [0.15, 0.2) is 5.69 Å². The molecule has 3 aromatic rings. The fourth-order valence-corrected chi connectivity index (χ4v) is 6.83. The summed E-state index contributed by atoms with van der Waals surface area (Å²) >= 11 is 2.28. The molecule has 1 aliphatic heterocycles. The van der Waals surface area contributed by atoms with E-state index in [0.29, 0.717) is 31.9 Å². The number of hydrogen-bond acceptors (Lipinski definition) is 11. The van der Waals surface area contributed by atoms with Crippen LogP contribution in [0.5, 0.6) is 17.2 Å². The van der Waals surface area contributed by atoms with Gasteiger partial charge >= 0.3 is 6.18 Å². The summed E-state index contributed by atoms with van der Waals surface area (Å²) < 4.78 is 57.6. The summed E-state index contributed by atoms with van der Waals surface area (Å²) in [5.41, 5.74) is 5.71. The monoisotopic (exact) mass is 814 g/mol. The molecule has 0 spiro atoms. The molecule has 2 heterocycles. The van der Waals surface area contributed by atoms with Gasteiger partial charge in [0, 0.05) is 18.6 Å². The Labute approximate surface area is 304 Å². The lowest BCUT2D eigenvalue weighted by Crippen LogP contribution is -2.58. The number of benzene rings is 2. The molecular weight excluding hydrogens is 768 g/mol. The Morgan fingerprint density at radius 1 is 0.940 bits per heavy atom. The molecule has 7 N–H and O–H groups in total. The number of hydrogen-bond donors (Lipinski definition) is 6. The number of aromatic nitrogens is 2. The van der Waals surface area contributed by atoms with Crippen molar-refractivity contribution >= 4 is 28.4 Å². The highest BCUT2D eigenvalue weighted by molar-refractivity contribution is 14.1. The maximum absolute atomic E-state index is 13.0. The van der Waals surface area contributed by atoms with Crippen LogP contribution in [0.1, 0.15) is 49.8 Å². The molecule has 0 radical (unpaired) electrons. The minimum absolute atomic E-state index is 0.00314. The van der Waals surface area contributed by atoms with Crippen LogP contribution in [0, 0.1) is 3.57 Å². The van der Waals surface area contributed by atoms with Crippen molar-refractivity contribution in [3.8, 4) is 17.2 Å². The number of ether oxygens (including phenoxy) is 3. The fraction of sp³-hybridized carbons (Fsp3) is 0.543. The van der Waals surface area contributed by atoms with Crippen molar-refractivity contribution in [1.82, 2.24) is 20.6 Å². The van der Waals surface area contributed by atoms with Crippen LogP contribution in [0.3, 0.4) is 0 Å². The first-order chi connectivity index (χ1) is 24.1. The summed E-state index contributed by atoms with van der Waals surface area (Å²) in [6, 6.07) is 13.7. The van der Waals surface area contributed by atoms with Crippen molar-refractivity contribution in [2.45, 2.75) is 87.6 Å². The van der Waals surface area contributed by atoms with Crippen LogP contribution < -0.4 is 31.2 Å². The second-order valence-corrected chi connectivity index (χ2v) is 13.9. The number of alkyl halides is 3. The quantitative estimate of drug-likeness (QED) is 0.0886. The molecule has 11 nitrogen and oxygen atoms in total. The normalized spacial score (nSPS) is 24.1. The van der Waals surface area contributed by atoms with E-state index in [2.05, 4.69) is 54.6 Å². The summed E-state index contributed by atoms with van der Waals surface area (Å²) in [6.07, 6.45) is 0.798. The van der Waals surface area contributed by atoms with Crippen molar-refractivity contribution in [2.75, 3.05) is 38.2 Å². The molecule has 1 saturated carbocycles. The van der Waals surface area contributed by atoms with E-state index in [4.69, 9.17) is 19.9 Å². The van der Waals surface area contributed by atoms with Crippen LogP contribution in [0.2, 0.25) is 0 Å². The number of nitrogens with zero attached hydrogens (tertiary/aromatic N) is 2. The summed E-state index contributed by atoms with van der Waals surface area (Å²) in [4.78, 5) is 7.07. The first kappa shape index (κ1) is 38.4. The fourth-order valence-electron chi connectivity index (χ4n) is 6.14. The number of unbranched alkanes of at least 4 members (excludes halogenated alkanes) is 1. The number of nitrogens with one attached hydrogen (secondary N) is 3. The molecule has 1 aliphatic carbocycles. The number of halogens is 4. The summed E-state index contributed by atoms with van der Waals surface area (Å²) in [6.45, 7) is 2.53. The highest BCUT2D eigenvalue weighted by Crippen LogP contribution is 2.30. The average molecular weight is 815 g/mol. The van der Waals surface area contributed by atoms with Gasteiger partial charge in [0.1, 0.15) is 35.3 Å². The molecule has 0 bridgehead atoms. The van der Waals surface area contributed by atoms with Crippen molar-refractivity contribution in [3.63, 3.8) is 0 Å². The maximum atomic E-state index is 13.0. The van der Waals surface area contributed by atoms with Gasteiger partial charge in [-0.25, -0.2) is 4.98 Å². The molecule has 4 atom stereocenters. The topological polar surface area (TPSA) is 156 Å². The Balaban J connectivity index is 0.914. The highest BCUT2D eigenvalue weighted by Gasteiger charge is 2.39. The van der Waals surface area contributed by atoms with Gasteiger partial charge in [-0.1, -0.05) is 6.07 Å². The SMILES string of the molecule is NCCc1ccc(Oc2ccc(OCCCCNC3CCC(NC[C@H]4OC[C@H](Nc5cncc(C(F)(F)F)n5)[C@@H](O)[C@H]4O)CC3)cc2)c(I)c1. The molecule has 15 heteroatoms. The third-order valence-corrected chi connectivity index (χ3v) is 9.82. The van der Waals surface area contributed by atoms with E-state index in [1.807, 2.05) is 36.4 Å². The van der Waals surface area contributed by atoms with E-state index in [0.717, 1.165) is 78.5 Å². The summed E-state index contributed by atoms with van der Waals surface area (Å²) in [5.74, 6) is 2.23. The Bertz CT molecular complexity index is 1480. The lowest BCUT2D eigenvalue weighted by molar-refractivity contribution is -0.141. The molecular formula is C35H46F3IN6O5. The second kappa shape index (κ2) is 18.6. The maximum Gasteiger partial charge on any atom is 0.434 e. The van der Waals surface area contributed by atoms with Crippen molar-refractivity contribution in [3.05, 3.63) is 69.7 Å². The van der Waals surface area contributed by atoms with Crippen LogP contribution in [-0.4, -0.2) is 89.5 Å². The zero-order valence-corrected chi connectivity index (χ0v) is 29.9. The first-order valence-corrected chi connectivity index (χ1v) is 18.2. The van der Waals surface area contributed by atoms with E-state index in [9.17, 15) is 23.4 Å². The standard InChI is InChI=1S/C35H46F3IN6O5/c36-35(37,38)31-19-41-20-32(45-31)44-28-21-49-30(34(47)33(28)46)18-43-24-6-4-23(5-7-24)42-15-1-2-16-48-25-8-10-26(11-9-25)50-29-12-3-22(13-14-40)17-27(29)39/h3,8-12,17,19-20,23-24,28,30,33-34,42-43,46-47H,1-2,4-7,13-16,18,21,40H2,(H,44,45)/t23?,24?,28-,30+,33+,34-/m0/s1. The van der Waals surface area contributed by atoms with Crippen LogP contribution in [0.15, 0.2) is 54.9 Å². The van der Waals surface area contributed by atoms with Gasteiger partial charge in [0.2, 0.25) is 0 Å². The minimum Gasteiger partial charge on any atom is -0.494 e. The van der Waals surface area contributed by atoms with Crippen molar-refractivity contribution in [1.29, 1.82) is 0 Å². The van der Waals surface area contributed by atoms with Gasteiger partial charge in [-0.2, -0.15) is 13.2 Å². The minimum atomic E-state index is -4.64. The Morgan fingerprint density at radius 3 is 2.36 bits per heavy atom. The van der Waals surface area contributed by atoms with Crippen molar-refractivity contribution in [2.24, 2.45) is 5.73 Å². The summed E-state index contributed by atoms with van der Waals surface area (Å²) in [5, 5.41) is 31.1. The molecule has 1 aromatic heterocycles. The van der Waals surface area contributed by atoms with E-state index in [1.165, 1.54) is 5.56 Å². The highest BCUT2D eigenvalue weighted by atomic mass is 127. The van der Waals surface area contributed by atoms with Gasteiger partial charge in [-0.3, -0.25) is 4.98 Å². The molecule has 0 amide bonds. The molecule has 2 aliphatic rings. The predicted octanol–water partition coefficient (Wildman–Crippen LogP) is 4.64. The number of aliphatic hydroxyl groups is 2. The lowest BCUT2D eigenvalue weighted by atomic mass is 9.90. The average Bonchev–Trinajstić information content (AvgIpc) is 3.10. The van der Waals surface area contributed by atoms with Gasteiger partial charge in [-0.15, -0.1) is 0 Å². The molecule has 1 saturated heterocycles. The van der Waals surface area contributed by atoms with E-state index >= 15 is 0 Å². The molecule has 0 unspecified atom stereocenters. The van der Waals surface area contributed by atoms with Crippen LogP contribution >= 0.6 is 22.6 Å².